The van der Waals surface area contributed by atoms with Crippen LogP contribution >= 0.6 is 11.8 Å². The molecule has 0 spiro atoms. The fraction of sp³-hybridized carbons (Fsp3) is 0.0789. The number of hydrogen-bond donors (Lipinski definition) is 3. The number of methoxy groups -OCH3 is 1. The van der Waals surface area contributed by atoms with Crippen molar-refractivity contribution in [2.24, 2.45) is 0 Å². The molecule has 3 N–H and O–H groups in total. The number of amides is 3. The third kappa shape index (κ3) is 10.1. The van der Waals surface area contributed by atoms with E-state index in [1.54, 1.807) is 67.8 Å². The first kappa shape index (κ1) is 32.6. The average Bonchev–Trinajstić information content (AvgIpc) is 3.11. The van der Waals surface area contributed by atoms with Gasteiger partial charge in [-0.15, -0.1) is 11.8 Å². The number of thioether (sulfide) groups is 1. The highest BCUT2D eigenvalue weighted by atomic mass is 32.2. The van der Waals surface area contributed by atoms with Crippen LogP contribution in [0.25, 0.3) is 6.08 Å². The summed E-state index contributed by atoms with van der Waals surface area (Å²) in [5.41, 5.74) is 3.44. The van der Waals surface area contributed by atoms with Gasteiger partial charge in [0.2, 0.25) is 5.91 Å². The lowest BCUT2D eigenvalue weighted by atomic mass is 10.1. The molecule has 0 bridgehead atoms. The Bertz CT molecular complexity index is 1830. The number of ether oxygens (including phenoxy) is 2. The Kier molecular flexibility index (Phi) is 11.4. The van der Waals surface area contributed by atoms with Crippen LogP contribution in [0.5, 0.6) is 11.5 Å². The third-order valence-electron chi connectivity index (χ3n) is 6.80. The van der Waals surface area contributed by atoms with Crippen LogP contribution < -0.4 is 25.4 Å². The minimum Gasteiger partial charge on any atom is -0.497 e. The number of anilines is 2. The molecule has 9 heteroatoms. The van der Waals surface area contributed by atoms with Crippen LogP contribution in [0.2, 0.25) is 0 Å². The predicted octanol–water partition coefficient (Wildman–Crippen LogP) is 7.41. The van der Waals surface area contributed by atoms with Crippen molar-refractivity contribution in [3.63, 3.8) is 0 Å². The van der Waals surface area contributed by atoms with Crippen LogP contribution in [0.4, 0.5) is 11.4 Å². The van der Waals surface area contributed by atoms with Crippen LogP contribution in [0.1, 0.15) is 21.5 Å². The zero-order valence-electron chi connectivity index (χ0n) is 25.6. The first-order valence-corrected chi connectivity index (χ1v) is 15.8. The predicted molar refractivity (Wildman–Crippen MR) is 187 cm³/mol. The van der Waals surface area contributed by atoms with E-state index in [0.29, 0.717) is 40.6 Å². The van der Waals surface area contributed by atoms with Crippen molar-refractivity contribution >= 4 is 46.9 Å². The quantitative estimate of drug-likeness (QED) is 0.0912. The molecular formula is C38H33N3O5S. The van der Waals surface area contributed by atoms with Crippen molar-refractivity contribution in [3.8, 4) is 11.5 Å². The molecule has 236 valence electrons. The van der Waals surface area contributed by atoms with Gasteiger partial charge in [-0.05, 0) is 77.9 Å². The summed E-state index contributed by atoms with van der Waals surface area (Å²) >= 11 is 1.37. The summed E-state index contributed by atoms with van der Waals surface area (Å²) in [7, 11) is 1.57. The molecule has 0 fully saturated rings. The van der Waals surface area contributed by atoms with Crippen molar-refractivity contribution < 1.29 is 23.9 Å². The molecule has 47 heavy (non-hydrogen) atoms. The standard InChI is InChI=1S/C38H33N3O5S/c1-45-33-14-8-13-31(24-33)39-36(42)26-47-34-21-17-30(18-22-34)40-38(44)35(41-37(43)29-11-6-3-7-12-29)23-27-15-19-32(20-16-27)46-25-28-9-4-2-5-10-28/h2-24H,25-26H2,1H3,(H,39,42)(H,40,44)(H,41,43)/b35-23-. The van der Waals surface area contributed by atoms with Gasteiger partial charge in [-0.1, -0.05) is 66.7 Å². The lowest BCUT2D eigenvalue weighted by molar-refractivity contribution is -0.114. The van der Waals surface area contributed by atoms with Crippen LogP contribution in [-0.2, 0) is 16.2 Å². The zero-order chi connectivity index (χ0) is 32.8. The second-order valence-electron chi connectivity index (χ2n) is 10.3. The minimum atomic E-state index is -0.489. The van der Waals surface area contributed by atoms with Gasteiger partial charge in [0.1, 0.15) is 23.8 Å². The van der Waals surface area contributed by atoms with E-state index in [-0.39, 0.29) is 17.4 Å². The topological polar surface area (TPSA) is 106 Å². The Morgan fingerprint density at radius 3 is 2.11 bits per heavy atom. The van der Waals surface area contributed by atoms with Gasteiger partial charge in [0.15, 0.2) is 0 Å². The normalized spacial score (nSPS) is 10.9. The molecule has 0 aliphatic carbocycles. The minimum absolute atomic E-state index is 0.0736. The second kappa shape index (κ2) is 16.5. The molecule has 0 saturated carbocycles. The molecule has 0 atom stereocenters. The van der Waals surface area contributed by atoms with E-state index in [2.05, 4.69) is 16.0 Å². The molecule has 5 rings (SSSR count). The van der Waals surface area contributed by atoms with Crippen LogP contribution in [0, 0.1) is 0 Å². The van der Waals surface area contributed by atoms with Gasteiger partial charge in [0, 0.05) is 27.9 Å². The van der Waals surface area contributed by atoms with Gasteiger partial charge < -0.3 is 25.4 Å². The Morgan fingerprint density at radius 1 is 0.702 bits per heavy atom. The number of rotatable bonds is 13. The smallest absolute Gasteiger partial charge is 0.272 e. The summed E-state index contributed by atoms with van der Waals surface area (Å²) in [6.07, 6.45) is 1.61. The van der Waals surface area contributed by atoms with E-state index in [4.69, 9.17) is 9.47 Å². The SMILES string of the molecule is COc1cccc(NC(=O)CSc2ccc(NC(=O)/C(=C/c3ccc(OCc4ccccc4)cc3)NC(=O)c3ccccc3)cc2)c1. The molecule has 3 amide bonds. The number of carbonyl (C=O) groups is 3. The summed E-state index contributed by atoms with van der Waals surface area (Å²) in [6.45, 7) is 0.435. The molecule has 0 unspecified atom stereocenters. The zero-order valence-corrected chi connectivity index (χ0v) is 26.5. The molecule has 5 aromatic rings. The highest BCUT2D eigenvalue weighted by Gasteiger charge is 2.15. The Balaban J connectivity index is 1.22. The van der Waals surface area contributed by atoms with Gasteiger partial charge in [-0.2, -0.15) is 0 Å². The number of carbonyl (C=O) groups excluding carboxylic acids is 3. The highest BCUT2D eigenvalue weighted by Crippen LogP contribution is 2.23. The molecule has 5 aromatic carbocycles. The lowest BCUT2D eigenvalue weighted by Gasteiger charge is -2.12. The Morgan fingerprint density at radius 2 is 1.40 bits per heavy atom. The third-order valence-corrected chi connectivity index (χ3v) is 7.82. The summed E-state index contributed by atoms with van der Waals surface area (Å²) in [6, 6.07) is 40.1. The maximum absolute atomic E-state index is 13.4. The van der Waals surface area contributed by atoms with E-state index >= 15 is 0 Å². The Hall–Kier alpha value is -5.80. The molecule has 8 nitrogen and oxygen atoms in total. The van der Waals surface area contributed by atoms with Crippen LogP contribution in [-0.4, -0.2) is 30.6 Å². The molecule has 0 heterocycles. The summed E-state index contributed by atoms with van der Waals surface area (Å²) in [5.74, 6) is 0.497. The van der Waals surface area contributed by atoms with Crippen molar-refractivity contribution in [1.29, 1.82) is 0 Å². The highest BCUT2D eigenvalue weighted by molar-refractivity contribution is 8.00. The molecule has 0 radical (unpaired) electrons. The first-order chi connectivity index (χ1) is 22.9. The van der Waals surface area contributed by atoms with Crippen LogP contribution in [0.15, 0.2) is 144 Å². The monoisotopic (exact) mass is 643 g/mol. The largest absolute Gasteiger partial charge is 0.497 e. The lowest BCUT2D eigenvalue weighted by Crippen LogP contribution is -2.30. The van der Waals surface area contributed by atoms with Crippen molar-refractivity contribution in [3.05, 3.63) is 156 Å². The maximum Gasteiger partial charge on any atom is 0.272 e. The first-order valence-electron chi connectivity index (χ1n) is 14.8. The molecule has 0 saturated heterocycles. The average molecular weight is 644 g/mol. The summed E-state index contributed by atoms with van der Waals surface area (Å²) < 4.78 is 11.1. The van der Waals surface area contributed by atoms with E-state index in [9.17, 15) is 14.4 Å². The summed E-state index contributed by atoms with van der Waals surface area (Å²) in [4.78, 5) is 39.7. The number of benzene rings is 5. The molecule has 0 aromatic heterocycles. The maximum atomic E-state index is 13.4. The second-order valence-corrected chi connectivity index (χ2v) is 11.3. The fourth-order valence-electron chi connectivity index (χ4n) is 4.39. The van der Waals surface area contributed by atoms with E-state index in [1.807, 2.05) is 78.9 Å². The van der Waals surface area contributed by atoms with Crippen molar-refractivity contribution in [2.75, 3.05) is 23.5 Å². The van der Waals surface area contributed by atoms with Crippen molar-refractivity contribution in [1.82, 2.24) is 5.32 Å². The summed E-state index contributed by atoms with van der Waals surface area (Å²) in [5, 5.41) is 8.47. The van der Waals surface area contributed by atoms with E-state index < -0.39 is 11.8 Å². The van der Waals surface area contributed by atoms with Crippen molar-refractivity contribution in [2.45, 2.75) is 11.5 Å². The number of nitrogens with one attached hydrogen (secondary N) is 3. The van der Waals surface area contributed by atoms with Gasteiger partial charge in [-0.25, -0.2) is 0 Å². The Labute approximate surface area is 277 Å². The fourth-order valence-corrected chi connectivity index (χ4v) is 5.09. The van der Waals surface area contributed by atoms with Gasteiger partial charge >= 0.3 is 0 Å². The van der Waals surface area contributed by atoms with Gasteiger partial charge in [0.25, 0.3) is 11.8 Å². The molecule has 0 aliphatic rings. The van der Waals surface area contributed by atoms with Crippen LogP contribution in [0.3, 0.4) is 0 Å². The molecule has 0 aliphatic heterocycles. The van der Waals surface area contributed by atoms with E-state index in [1.165, 1.54) is 11.8 Å². The van der Waals surface area contributed by atoms with Gasteiger partial charge in [0.05, 0.1) is 12.9 Å². The number of hydrogen-bond acceptors (Lipinski definition) is 6. The van der Waals surface area contributed by atoms with E-state index in [0.717, 1.165) is 10.5 Å². The molecular weight excluding hydrogens is 611 g/mol. The van der Waals surface area contributed by atoms with Gasteiger partial charge in [-0.3, -0.25) is 14.4 Å².